The molecule has 0 amide bonds. The van der Waals surface area contributed by atoms with Crippen molar-refractivity contribution in [2.24, 2.45) is 23.7 Å². The van der Waals surface area contributed by atoms with E-state index in [0.717, 1.165) is 197 Å². The van der Waals surface area contributed by atoms with Gasteiger partial charge in [0, 0.05) is 22.3 Å². The van der Waals surface area contributed by atoms with Crippen LogP contribution in [0.2, 0.25) is 0 Å². The van der Waals surface area contributed by atoms with Crippen LogP contribution in [0, 0.1) is 37.5 Å². The number of fused-ring (bicyclic) bond motifs is 6. The molecule has 2 aliphatic rings. The fourth-order valence-corrected chi connectivity index (χ4v) is 13.9. The third-order valence-electron chi connectivity index (χ3n) is 19.8. The quantitative estimate of drug-likeness (QED) is 0.0170. The molecule has 0 aliphatic carbocycles. The maximum Gasteiger partial charge on any atom is 0.423 e. The van der Waals surface area contributed by atoms with Crippen LogP contribution in [0.4, 0.5) is 0 Å². The van der Waals surface area contributed by atoms with E-state index in [9.17, 15) is 29.4 Å². The highest BCUT2D eigenvalue weighted by atomic mass is 16.6. The average Bonchev–Trinajstić information content (AvgIpc) is 0.746. The number of hydrogen-bond donors (Lipinski definition) is 2. The number of carbonyl (C=O) groups is 4. The molecule has 2 heterocycles. The van der Waals surface area contributed by atoms with Crippen LogP contribution in [-0.2, 0) is 68.9 Å². The van der Waals surface area contributed by atoms with E-state index in [2.05, 4.69) is 93.5 Å². The Hall–Kier alpha value is -7.60. The summed E-state index contributed by atoms with van der Waals surface area (Å²) >= 11 is 0. The fraction of sp³-hybridized carbons (Fsp3) is 0.545. The van der Waals surface area contributed by atoms with Crippen LogP contribution in [0.15, 0.2) is 84.9 Å². The van der Waals surface area contributed by atoms with Crippen molar-refractivity contribution in [1.29, 1.82) is 0 Å². The number of hydrogen-bond acceptors (Lipinski definition) is 12. The third-order valence-corrected chi connectivity index (χ3v) is 19.8. The first kappa shape index (κ1) is 79.7. The molecule has 0 saturated heterocycles. The average molecular weight is 1370 g/mol. The molecule has 0 bridgehead atoms. The largest absolute Gasteiger partial charge is 0.508 e. The van der Waals surface area contributed by atoms with Crippen LogP contribution < -0.4 is 28.4 Å². The lowest BCUT2D eigenvalue weighted by atomic mass is 9.84. The number of rotatable bonds is 34. The Bertz CT molecular complexity index is 3470. The van der Waals surface area contributed by atoms with Gasteiger partial charge in [0.05, 0.1) is 11.1 Å². The van der Waals surface area contributed by atoms with Crippen LogP contribution in [-0.4, -0.2) is 34.1 Å². The van der Waals surface area contributed by atoms with Crippen LogP contribution in [0.3, 0.4) is 0 Å². The monoisotopic (exact) mass is 1370 g/mol. The Kier molecular flexibility index (Phi) is 30.2. The predicted molar refractivity (Wildman–Crippen MR) is 405 cm³/mol. The second kappa shape index (κ2) is 37.9. The Balaban J connectivity index is 0.000000281. The topological polar surface area (TPSA) is 164 Å². The maximum absolute atomic E-state index is 13.6. The van der Waals surface area contributed by atoms with Crippen molar-refractivity contribution < 1.29 is 57.8 Å². The maximum atomic E-state index is 13.6. The molecule has 0 aromatic heterocycles. The van der Waals surface area contributed by atoms with Gasteiger partial charge in [-0.3, -0.25) is 0 Å². The number of phenolic OH excluding ortho intramolecular Hbond substituents is 2. The van der Waals surface area contributed by atoms with Gasteiger partial charge < -0.3 is 38.6 Å². The lowest BCUT2D eigenvalue weighted by molar-refractivity contribution is -0.156. The van der Waals surface area contributed by atoms with Gasteiger partial charge in [0.2, 0.25) is 0 Å². The van der Waals surface area contributed by atoms with Crippen molar-refractivity contribution in [2.45, 2.75) is 289 Å². The molecule has 2 aliphatic heterocycles. The molecule has 100 heavy (non-hydrogen) atoms. The summed E-state index contributed by atoms with van der Waals surface area (Å²) in [7, 11) is 0. The van der Waals surface area contributed by atoms with Crippen LogP contribution in [0.25, 0.3) is 22.3 Å². The Morgan fingerprint density at radius 3 is 1.01 bits per heavy atom. The number of unbranched alkanes of at least 4 members (excludes halogenated alkanes) is 8. The van der Waals surface area contributed by atoms with Crippen molar-refractivity contribution in [3.05, 3.63) is 141 Å². The SMILES string of the molecule is CCCCCc1cc(O)c(CC[C@@H](C)CCCC(C)C)c(OC(=O)C(=O)Oc2cc(CCCCC)cc3c2-c2cc(C)ccc2C(C)(C)O3)c1.CCCCCc1cc(O)c(CC[C@H](C)CCCC(C)C)c(OC(=O)C(=O)Oc2cc(CCCCC)cc3c2-c2cc(C)ccc2C(C)(C)O3)c1. The van der Waals surface area contributed by atoms with Crippen LogP contribution >= 0.6 is 0 Å². The van der Waals surface area contributed by atoms with Gasteiger partial charge in [0.25, 0.3) is 0 Å². The molecular weight excluding hydrogens is 1250 g/mol. The van der Waals surface area contributed by atoms with Gasteiger partial charge in [0.15, 0.2) is 0 Å². The molecule has 6 aromatic rings. The smallest absolute Gasteiger partial charge is 0.423 e. The zero-order chi connectivity index (χ0) is 72.8. The summed E-state index contributed by atoms with van der Waals surface area (Å²) in [6, 6.07) is 27.3. The Morgan fingerprint density at radius 2 is 0.690 bits per heavy atom. The molecule has 6 aromatic carbocycles. The molecule has 12 heteroatoms. The minimum atomic E-state index is -1.12. The van der Waals surface area contributed by atoms with Crippen LogP contribution in [0.1, 0.15) is 281 Å². The predicted octanol–water partition coefficient (Wildman–Crippen LogP) is 22.7. The van der Waals surface area contributed by atoms with Gasteiger partial charge in [-0.2, -0.15) is 0 Å². The molecule has 544 valence electrons. The summed E-state index contributed by atoms with van der Waals surface area (Å²) < 4.78 is 36.6. The highest BCUT2D eigenvalue weighted by Crippen LogP contribution is 2.52. The van der Waals surface area contributed by atoms with E-state index in [1.807, 2.05) is 90.1 Å². The van der Waals surface area contributed by atoms with E-state index >= 15 is 0 Å². The van der Waals surface area contributed by atoms with Crippen molar-refractivity contribution >= 4 is 23.9 Å². The van der Waals surface area contributed by atoms with E-state index < -0.39 is 35.1 Å². The molecule has 0 spiro atoms. The number of benzene rings is 6. The molecular formula is C88H120O12. The van der Waals surface area contributed by atoms with E-state index in [4.69, 9.17) is 28.4 Å². The lowest BCUT2D eigenvalue weighted by Crippen LogP contribution is -2.30. The van der Waals surface area contributed by atoms with Gasteiger partial charge in [-0.1, -0.05) is 207 Å². The van der Waals surface area contributed by atoms with Crippen molar-refractivity contribution in [1.82, 2.24) is 0 Å². The van der Waals surface area contributed by atoms with Gasteiger partial charge in [-0.25, -0.2) is 19.2 Å². The van der Waals surface area contributed by atoms with E-state index in [-0.39, 0.29) is 34.5 Å². The van der Waals surface area contributed by atoms with Crippen molar-refractivity contribution in [3.63, 3.8) is 0 Å². The first-order valence-corrected chi connectivity index (χ1v) is 38.2. The third kappa shape index (κ3) is 22.7. The number of aryl methyl sites for hydroxylation is 6. The van der Waals surface area contributed by atoms with E-state index in [1.165, 1.54) is 12.8 Å². The first-order chi connectivity index (χ1) is 47.6. The van der Waals surface area contributed by atoms with Crippen LogP contribution in [0.5, 0.6) is 46.0 Å². The molecule has 12 nitrogen and oxygen atoms in total. The molecule has 0 fully saturated rings. The number of esters is 4. The molecule has 8 rings (SSSR count). The van der Waals surface area contributed by atoms with E-state index in [1.54, 1.807) is 12.1 Å². The summed E-state index contributed by atoms with van der Waals surface area (Å²) in [5.74, 6) is 0.270. The van der Waals surface area contributed by atoms with Crippen molar-refractivity contribution in [2.75, 3.05) is 0 Å². The zero-order valence-corrected chi connectivity index (χ0v) is 63.8. The highest BCUT2D eigenvalue weighted by molar-refractivity contribution is 6.31. The number of phenols is 2. The standard InChI is InChI=1S/2C44H60O6/c2*1-9-11-13-18-32-25-37(45)34(22-20-30(5)17-15-16-29(3)4)38(26-32)48-42(46)43(47)49-39-27-33(19-14-12-10-2)28-40-41(39)35-24-31(6)21-23-36(35)44(7,8)50-40/h2*21,23-30,45H,9-20,22H2,1-8H3/t2*30-/m10/s1. The Labute approximate surface area is 600 Å². The molecule has 0 unspecified atom stereocenters. The van der Waals surface area contributed by atoms with Gasteiger partial charge in [-0.15, -0.1) is 0 Å². The second-order valence-corrected chi connectivity index (χ2v) is 30.8. The minimum absolute atomic E-state index is 0.102. The second-order valence-electron chi connectivity index (χ2n) is 30.8. The summed E-state index contributed by atoms with van der Waals surface area (Å²) in [5.41, 5.74) is 10.9. The van der Waals surface area contributed by atoms with Gasteiger partial charge in [-0.05, 0) is 224 Å². The van der Waals surface area contributed by atoms with Gasteiger partial charge in [0.1, 0.15) is 57.2 Å². The number of carbonyl (C=O) groups excluding carboxylic acids is 4. The summed E-state index contributed by atoms with van der Waals surface area (Å²) in [6.45, 7) is 34.2. The minimum Gasteiger partial charge on any atom is -0.508 e. The fourth-order valence-electron chi connectivity index (χ4n) is 13.9. The molecule has 0 saturated carbocycles. The number of ether oxygens (including phenoxy) is 6. The summed E-state index contributed by atoms with van der Waals surface area (Å²) in [6.07, 6.45) is 25.2. The normalized spacial score (nSPS) is 13.7. The number of aromatic hydroxyl groups is 2. The molecule has 0 radical (unpaired) electrons. The highest BCUT2D eigenvalue weighted by Gasteiger charge is 2.38. The molecule has 2 N–H and O–H groups in total. The Morgan fingerprint density at radius 1 is 0.380 bits per heavy atom. The van der Waals surface area contributed by atoms with E-state index in [0.29, 0.717) is 70.3 Å². The summed E-state index contributed by atoms with van der Waals surface area (Å²) in [4.78, 5) is 54.3. The first-order valence-electron chi connectivity index (χ1n) is 38.2. The molecule has 2 atom stereocenters. The zero-order valence-electron chi connectivity index (χ0n) is 63.8. The van der Waals surface area contributed by atoms with Gasteiger partial charge >= 0.3 is 23.9 Å². The lowest BCUT2D eigenvalue weighted by Gasteiger charge is -2.36. The summed E-state index contributed by atoms with van der Waals surface area (Å²) in [5, 5.41) is 22.3. The van der Waals surface area contributed by atoms with Crippen molar-refractivity contribution in [3.8, 4) is 68.2 Å².